The molecular formula is C15H19F3N2O2. The minimum atomic E-state index is -4.39. The number of hydrogen-bond acceptors (Lipinski definition) is 2. The molecule has 0 aliphatic carbocycles. The lowest BCUT2D eigenvalue weighted by Crippen LogP contribution is -2.44. The number of urea groups is 1. The van der Waals surface area contributed by atoms with Gasteiger partial charge in [0.25, 0.3) is 0 Å². The number of hydrogen-bond donors (Lipinski definition) is 2. The van der Waals surface area contributed by atoms with Crippen LogP contribution in [0.5, 0.6) is 0 Å². The second-order valence-corrected chi connectivity index (χ2v) is 5.38. The van der Waals surface area contributed by atoms with Crippen LogP contribution in [0.15, 0.2) is 24.3 Å². The number of benzene rings is 1. The normalized spacial score (nSPS) is 19.6. The van der Waals surface area contributed by atoms with Crippen LogP contribution >= 0.6 is 0 Å². The highest BCUT2D eigenvalue weighted by molar-refractivity contribution is 5.89. The van der Waals surface area contributed by atoms with Crippen LogP contribution < -0.4 is 5.32 Å². The maximum Gasteiger partial charge on any atom is 0.416 e. The van der Waals surface area contributed by atoms with E-state index in [0.717, 1.165) is 37.8 Å². The van der Waals surface area contributed by atoms with Crippen LogP contribution in [0.4, 0.5) is 23.7 Å². The Kier molecular flexibility index (Phi) is 5.28. The smallest absolute Gasteiger partial charge is 0.394 e. The van der Waals surface area contributed by atoms with Crippen LogP contribution in [0.1, 0.15) is 31.2 Å². The minimum Gasteiger partial charge on any atom is -0.394 e. The van der Waals surface area contributed by atoms with E-state index in [0.29, 0.717) is 12.2 Å². The van der Waals surface area contributed by atoms with E-state index in [4.69, 9.17) is 0 Å². The zero-order valence-electron chi connectivity index (χ0n) is 12.1. The number of anilines is 1. The molecule has 2 amide bonds. The van der Waals surface area contributed by atoms with Crippen LogP contribution in [0.3, 0.4) is 0 Å². The number of amides is 2. The molecule has 1 aliphatic rings. The lowest BCUT2D eigenvalue weighted by molar-refractivity contribution is -0.137. The first-order valence-corrected chi connectivity index (χ1v) is 7.27. The molecule has 1 aliphatic heterocycles. The van der Waals surface area contributed by atoms with Crippen molar-refractivity contribution in [2.75, 3.05) is 18.5 Å². The van der Waals surface area contributed by atoms with Gasteiger partial charge in [-0.25, -0.2) is 4.79 Å². The van der Waals surface area contributed by atoms with Crippen molar-refractivity contribution in [2.24, 2.45) is 0 Å². The summed E-state index contributed by atoms with van der Waals surface area (Å²) in [5.41, 5.74) is -0.451. The van der Waals surface area contributed by atoms with E-state index < -0.39 is 11.7 Å². The molecule has 1 saturated heterocycles. The van der Waals surface area contributed by atoms with E-state index in [-0.39, 0.29) is 18.7 Å². The number of aliphatic hydroxyl groups excluding tert-OH is 1. The standard InChI is InChI=1S/C15H19F3N2O2/c16-15(17,18)11-5-7-12(8-6-11)19-14(22)20-9-3-1-2-4-13(20)10-21/h5-8,13,21H,1-4,9-10H2,(H,19,22)/t13-/m0/s1. The van der Waals surface area contributed by atoms with E-state index in [1.807, 2.05) is 0 Å². The van der Waals surface area contributed by atoms with Crippen molar-refractivity contribution in [3.05, 3.63) is 29.8 Å². The van der Waals surface area contributed by atoms with Crippen LogP contribution in [0.2, 0.25) is 0 Å². The SMILES string of the molecule is O=C(Nc1ccc(C(F)(F)F)cc1)N1CCCCC[C@H]1CO. The number of aliphatic hydroxyl groups is 1. The number of nitrogens with one attached hydrogen (secondary N) is 1. The van der Waals surface area contributed by atoms with Crippen LogP contribution in [-0.2, 0) is 6.18 Å². The summed E-state index contributed by atoms with van der Waals surface area (Å²) >= 11 is 0. The second-order valence-electron chi connectivity index (χ2n) is 5.38. The van der Waals surface area contributed by atoms with Crippen molar-refractivity contribution in [1.82, 2.24) is 4.90 Å². The molecule has 7 heteroatoms. The summed E-state index contributed by atoms with van der Waals surface area (Å²) in [6, 6.07) is 3.69. The van der Waals surface area contributed by atoms with Crippen molar-refractivity contribution in [1.29, 1.82) is 0 Å². The van der Waals surface area contributed by atoms with Gasteiger partial charge in [-0.15, -0.1) is 0 Å². The summed E-state index contributed by atoms with van der Waals surface area (Å²) in [5, 5.41) is 12.0. The summed E-state index contributed by atoms with van der Waals surface area (Å²) in [5.74, 6) is 0. The van der Waals surface area contributed by atoms with Gasteiger partial charge < -0.3 is 15.3 Å². The number of likely N-dealkylation sites (tertiary alicyclic amines) is 1. The molecule has 2 rings (SSSR count). The van der Waals surface area contributed by atoms with Crippen molar-refractivity contribution in [3.8, 4) is 0 Å². The van der Waals surface area contributed by atoms with Gasteiger partial charge in [0.2, 0.25) is 0 Å². The number of nitrogens with zero attached hydrogens (tertiary/aromatic N) is 1. The molecule has 0 unspecified atom stereocenters. The largest absolute Gasteiger partial charge is 0.416 e. The molecule has 22 heavy (non-hydrogen) atoms. The Hall–Kier alpha value is -1.76. The quantitative estimate of drug-likeness (QED) is 0.878. The maximum atomic E-state index is 12.5. The van der Waals surface area contributed by atoms with Crippen LogP contribution in [0.25, 0.3) is 0 Å². The van der Waals surface area contributed by atoms with Gasteiger partial charge in [-0.3, -0.25) is 0 Å². The molecule has 122 valence electrons. The molecule has 0 radical (unpaired) electrons. The van der Waals surface area contributed by atoms with Gasteiger partial charge in [-0.2, -0.15) is 13.2 Å². The number of carbonyl (C=O) groups is 1. The zero-order valence-corrected chi connectivity index (χ0v) is 12.1. The zero-order chi connectivity index (χ0) is 16.2. The van der Waals surface area contributed by atoms with E-state index in [2.05, 4.69) is 5.32 Å². The lowest BCUT2D eigenvalue weighted by Gasteiger charge is -2.28. The molecule has 2 N–H and O–H groups in total. The second kappa shape index (κ2) is 7.00. The van der Waals surface area contributed by atoms with Crippen molar-refractivity contribution in [3.63, 3.8) is 0 Å². The summed E-state index contributed by atoms with van der Waals surface area (Å²) in [6.45, 7) is 0.429. The summed E-state index contributed by atoms with van der Waals surface area (Å²) in [7, 11) is 0. The predicted octanol–water partition coefficient (Wildman–Crippen LogP) is 3.47. The first kappa shape index (κ1) is 16.6. The van der Waals surface area contributed by atoms with E-state index in [1.54, 1.807) is 4.90 Å². The highest BCUT2D eigenvalue weighted by atomic mass is 19.4. The third-order valence-corrected chi connectivity index (χ3v) is 3.81. The molecule has 1 atom stereocenters. The van der Waals surface area contributed by atoms with E-state index in [1.165, 1.54) is 12.1 Å². The number of rotatable bonds is 2. The predicted molar refractivity (Wildman–Crippen MR) is 76.5 cm³/mol. The van der Waals surface area contributed by atoms with E-state index >= 15 is 0 Å². The Morgan fingerprint density at radius 2 is 1.91 bits per heavy atom. The highest BCUT2D eigenvalue weighted by Gasteiger charge is 2.30. The van der Waals surface area contributed by atoms with Crippen LogP contribution in [0, 0.1) is 0 Å². The molecular weight excluding hydrogens is 297 g/mol. The summed E-state index contributed by atoms with van der Waals surface area (Å²) < 4.78 is 37.5. The Balaban J connectivity index is 2.04. The number of halogens is 3. The van der Waals surface area contributed by atoms with Crippen molar-refractivity contribution < 1.29 is 23.1 Å². The third kappa shape index (κ3) is 4.13. The molecule has 0 spiro atoms. The Labute approximate surface area is 126 Å². The van der Waals surface area contributed by atoms with Crippen molar-refractivity contribution >= 4 is 11.7 Å². The average Bonchev–Trinajstić information content (AvgIpc) is 2.72. The molecule has 1 aromatic rings. The van der Waals surface area contributed by atoms with Gasteiger partial charge in [-0.05, 0) is 37.1 Å². The van der Waals surface area contributed by atoms with Gasteiger partial charge in [-0.1, -0.05) is 12.8 Å². The number of carbonyl (C=O) groups excluding carboxylic acids is 1. The molecule has 1 heterocycles. The third-order valence-electron chi connectivity index (χ3n) is 3.81. The fourth-order valence-electron chi connectivity index (χ4n) is 2.57. The van der Waals surface area contributed by atoms with Gasteiger partial charge in [0.05, 0.1) is 18.2 Å². The summed E-state index contributed by atoms with van der Waals surface area (Å²) in [6.07, 6.45) is -0.848. The Morgan fingerprint density at radius 1 is 1.23 bits per heavy atom. The van der Waals surface area contributed by atoms with Gasteiger partial charge in [0.1, 0.15) is 0 Å². The maximum absolute atomic E-state index is 12.5. The van der Waals surface area contributed by atoms with E-state index in [9.17, 15) is 23.1 Å². The highest BCUT2D eigenvalue weighted by Crippen LogP contribution is 2.30. The molecule has 1 fully saturated rings. The molecule has 0 bridgehead atoms. The van der Waals surface area contributed by atoms with Crippen molar-refractivity contribution in [2.45, 2.75) is 37.9 Å². The Morgan fingerprint density at radius 3 is 2.50 bits per heavy atom. The molecule has 1 aromatic carbocycles. The first-order chi connectivity index (χ1) is 10.4. The molecule has 0 aromatic heterocycles. The monoisotopic (exact) mass is 316 g/mol. The minimum absolute atomic E-state index is 0.111. The van der Waals surface area contributed by atoms with Crippen LogP contribution in [-0.4, -0.2) is 35.2 Å². The number of alkyl halides is 3. The fourth-order valence-corrected chi connectivity index (χ4v) is 2.57. The molecule has 4 nitrogen and oxygen atoms in total. The fraction of sp³-hybridized carbons (Fsp3) is 0.533. The topological polar surface area (TPSA) is 52.6 Å². The van der Waals surface area contributed by atoms with Gasteiger partial charge >= 0.3 is 12.2 Å². The summed E-state index contributed by atoms with van der Waals surface area (Å²) in [4.78, 5) is 13.8. The Bertz CT molecular complexity index is 503. The molecule has 0 saturated carbocycles. The lowest BCUT2D eigenvalue weighted by atomic mass is 10.1. The average molecular weight is 316 g/mol. The van der Waals surface area contributed by atoms with Gasteiger partial charge in [0.15, 0.2) is 0 Å². The first-order valence-electron chi connectivity index (χ1n) is 7.27. The van der Waals surface area contributed by atoms with Gasteiger partial charge in [0, 0.05) is 12.2 Å².